The van der Waals surface area contributed by atoms with Gasteiger partial charge in [-0.1, -0.05) is 42.5 Å². The fourth-order valence-corrected chi connectivity index (χ4v) is 3.47. The second-order valence-corrected chi connectivity index (χ2v) is 7.15. The lowest BCUT2D eigenvalue weighted by molar-refractivity contribution is -0.147. The van der Waals surface area contributed by atoms with E-state index in [0.29, 0.717) is 30.0 Å². The largest absolute Gasteiger partial charge is 0.496 e. The van der Waals surface area contributed by atoms with Crippen LogP contribution in [0.3, 0.4) is 0 Å². The van der Waals surface area contributed by atoms with Gasteiger partial charge < -0.3 is 14.2 Å². The smallest absolute Gasteiger partial charge is 0.347 e. The van der Waals surface area contributed by atoms with Crippen LogP contribution in [0.1, 0.15) is 29.3 Å². The van der Waals surface area contributed by atoms with Crippen molar-refractivity contribution < 1.29 is 23.8 Å². The Bertz CT molecular complexity index is 1060. The summed E-state index contributed by atoms with van der Waals surface area (Å²) in [4.78, 5) is 24.9. The molecule has 1 aliphatic rings. The highest BCUT2D eigenvalue weighted by molar-refractivity contribution is 5.98. The van der Waals surface area contributed by atoms with E-state index in [-0.39, 0.29) is 11.7 Å². The van der Waals surface area contributed by atoms with Crippen LogP contribution in [0.2, 0.25) is 0 Å². The number of para-hydroxylation sites is 1. The van der Waals surface area contributed by atoms with Gasteiger partial charge in [0.1, 0.15) is 23.1 Å². The summed E-state index contributed by atoms with van der Waals surface area (Å²) in [7, 11) is 1.56. The standard InChI is InChI=1S/C23H22N2O5/c1-15-12-20(23(27)29-15)30-22(26)18-14-25(13-16-8-4-3-5-9-16)24-21(18)17-10-6-7-11-19(17)28-2/h3-11,14-15,20H,12-13H2,1-2H3/t15-,20+/m1/s1. The number of nitrogens with zero attached hydrogens (tertiary/aromatic N) is 2. The second kappa shape index (κ2) is 8.41. The lowest BCUT2D eigenvalue weighted by Gasteiger charge is -2.10. The van der Waals surface area contributed by atoms with Gasteiger partial charge in [-0.3, -0.25) is 4.68 Å². The first-order chi connectivity index (χ1) is 14.5. The van der Waals surface area contributed by atoms with Gasteiger partial charge in [-0.05, 0) is 24.6 Å². The van der Waals surface area contributed by atoms with Crippen molar-refractivity contribution in [3.63, 3.8) is 0 Å². The maximum Gasteiger partial charge on any atom is 0.347 e. The van der Waals surface area contributed by atoms with E-state index in [2.05, 4.69) is 5.10 Å². The number of methoxy groups -OCH3 is 1. The third-order valence-corrected chi connectivity index (χ3v) is 4.91. The molecule has 2 aromatic carbocycles. The van der Waals surface area contributed by atoms with Crippen molar-refractivity contribution in [2.24, 2.45) is 0 Å². The van der Waals surface area contributed by atoms with Crippen molar-refractivity contribution in [2.45, 2.75) is 32.1 Å². The molecule has 1 saturated heterocycles. The van der Waals surface area contributed by atoms with Gasteiger partial charge in [-0.25, -0.2) is 9.59 Å². The molecule has 0 radical (unpaired) electrons. The minimum absolute atomic E-state index is 0.266. The molecule has 4 rings (SSSR count). The predicted octanol–water partition coefficient (Wildman–Crippen LogP) is 3.47. The molecule has 30 heavy (non-hydrogen) atoms. The molecule has 7 heteroatoms. The molecule has 0 N–H and O–H groups in total. The van der Waals surface area contributed by atoms with Crippen molar-refractivity contribution in [3.05, 3.63) is 71.9 Å². The molecule has 154 valence electrons. The minimum Gasteiger partial charge on any atom is -0.496 e. The number of rotatable bonds is 6. The summed E-state index contributed by atoms with van der Waals surface area (Å²) < 4.78 is 17.7. The van der Waals surface area contributed by atoms with Gasteiger partial charge in [0.25, 0.3) is 0 Å². The molecule has 2 atom stereocenters. The zero-order valence-electron chi connectivity index (χ0n) is 16.8. The molecule has 7 nitrogen and oxygen atoms in total. The van der Waals surface area contributed by atoms with Gasteiger partial charge in [-0.2, -0.15) is 5.10 Å². The second-order valence-electron chi connectivity index (χ2n) is 7.15. The summed E-state index contributed by atoms with van der Waals surface area (Å²) in [6.45, 7) is 2.25. The van der Waals surface area contributed by atoms with Crippen LogP contribution in [-0.4, -0.2) is 41.0 Å². The van der Waals surface area contributed by atoms with Crippen LogP contribution < -0.4 is 4.74 Å². The summed E-state index contributed by atoms with van der Waals surface area (Å²) in [5.41, 5.74) is 2.41. The Morgan fingerprint density at radius 3 is 2.60 bits per heavy atom. The number of cyclic esters (lactones) is 1. The Hall–Kier alpha value is -3.61. The van der Waals surface area contributed by atoms with Crippen molar-refractivity contribution >= 4 is 11.9 Å². The molecule has 3 aromatic rings. The number of hydrogen-bond acceptors (Lipinski definition) is 6. The average Bonchev–Trinajstić information content (AvgIpc) is 3.31. The highest BCUT2D eigenvalue weighted by Gasteiger charge is 2.36. The Labute approximate surface area is 174 Å². The van der Waals surface area contributed by atoms with Crippen LogP contribution in [0.25, 0.3) is 11.3 Å². The first-order valence-electron chi connectivity index (χ1n) is 9.71. The van der Waals surface area contributed by atoms with E-state index in [1.165, 1.54) is 0 Å². The van der Waals surface area contributed by atoms with Crippen molar-refractivity contribution in [3.8, 4) is 17.0 Å². The van der Waals surface area contributed by atoms with Crippen molar-refractivity contribution in [2.75, 3.05) is 7.11 Å². The summed E-state index contributed by atoms with van der Waals surface area (Å²) >= 11 is 0. The summed E-state index contributed by atoms with van der Waals surface area (Å²) in [5.74, 6) is -0.553. The van der Waals surface area contributed by atoms with E-state index < -0.39 is 18.0 Å². The molecule has 1 aliphatic heterocycles. The van der Waals surface area contributed by atoms with E-state index in [9.17, 15) is 9.59 Å². The van der Waals surface area contributed by atoms with Gasteiger partial charge in [0, 0.05) is 18.2 Å². The Morgan fingerprint density at radius 1 is 1.17 bits per heavy atom. The third-order valence-electron chi connectivity index (χ3n) is 4.91. The van der Waals surface area contributed by atoms with E-state index >= 15 is 0 Å². The van der Waals surface area contributed by atoms with Crippen molar-refractivity contribution in [1.29, 1.82) is 0 Å². The van der Waals surface area contributed by atoms with E-state index in [4.69, 9.17) is 14.2 Å². The normalized spacial score (nSPS) is 18.1. The van der Waals surface area contributed by atoms with E-state index in [1.54, 1.807) is 31.0 Å². The zero-order valence-corrected chi connectivity index (χ0v) is 16.8. The van der Waals surface area contributed by atoms with Gasteiger partial charge >= 0.3 is 11.9 Å². The summed E-state index contributed by atoms with van der Waals surface area (Å²) in [5, 5.41) is 4.63. The first kappa shape index (κ1) is 19.7. The predicted molar refractivity (Wildman–Crippen MR) is 109 cm³/mol. The fourth-order valence-electron chi connectivity index (χ4n) is 3.47. The minimum atomic E-state index is -0.907. The topological polar surface area (TPSA) is 79.7 Å². The molecule has 0 saturated carbocycles. The van der Waals surface area contributed by atoms with E-state index in [0.717, 1.165) is 5.56 Å². The van der Waals surface area contributed by atoms with Gasteiger partial charge in [-0.15, -0.1) is 0 Å². The summed E-state index contributed by atoms with van der Waals surface area (Å²) in [6, 6.07) is 17.1. The average molecular weight is 406 g/mol. The van der Waals surface area contributed by atoms with Gasteiger partial charge in [0.15, 0.2) is 0 Å². The number of aromatic nitrogens is 2. The molecule has 0 aliphatic carbocycles. The molecular weight excluding hydrogens is 384 g/mol. The zero-order chi connectivity index (χ0) is 21.1. The number of benzene rings is 2. The highest BCUT2D eigenvalue weighted by atomic mass is 16.6. The molecular formula is C23H22N2O5. The fraction of sp³-hybridized carbons (Fsp3) is 0.261. The Balaban J connectivity index is 1.70. The third kappa shape index (κ3) is 4.05. The number of carbonyl (C=O) groups excluding carboxylic acids is 2. The van der Waals surface area contributed by atoms with Gasteiger partial charge in [0.2, 0.25) is 6.10 Å². The van der Waals surface area contributed by atoms with Gasteiger partial charge in [0.05, 0.1) is 13.7 Å². The molecule has 0 unspecified atom stereocenters. The molecule has 0 bridgehead atoms. The van der Waals surface area contributed by atoms with Crippen LogP contribution in [0, 0.1) is 0 Å². The van der Waals surface area contributed by atoms with Crippen LogP contribution in [0.15, 0.2) is 60.8 Å². The molecule has 1 fully saturated rings. The lowest BCUT2D eigenvalue weighted by Crippen LogP contribution is -2.22. The summed E-state index contributed by atoms with van der Waals surface area (Å²) in [6.07, 6.45) is 0.799. The number of carbonyl (C=O) groups is 2. The molecule has 0 spiro atoms. The maximum atomic E-state index is 13.0. The maximum absolute atomic E-state index is 13.0. The Morgan fingerprint density at radius 2 is 1.90 bits per heavy atom. The number of ether oxygens (including phenoxy) is 3. The first-order valence-corrected chi connectivity index (χ1v) is 9.71. The van der Waals surface area contributed by atoms with Crippen LogP contribution in [0.4, 0.5) is 0 Å². The van der Waals surface area contributed by atoms with Crippen molar-refractivity contribution in [1.82, 2.24) is 9.78 Å². The molecule has 1 aromatic heterocycles. The van der Waals surface area contributed by atoms with Crippen LogP contribution in [0.5, 0.6) is 5.75 Å². The monoisotopic (exact) mass is 406 g/mol. The Kier molecular flexibility index (Phi) is 5.52. The van der Waals surface area contributed by atoms with Crippen LogP contribution in [-0.2, 0) is 20.8 Å². The quantitative estimate of drug-likeness (QED) is 0.583. The SMILES string of the molecule is COc1ccccc1-c1nn(Cc2ccccc2)cc1C(=O)O[C@H]1C[C@@H](C)OC1=O. The van der Waals surface area contributed by atoms with E-state index in [1.807, 2.05) is 48.5 Å². The number of esters is 2. The molecule has 2 heterocycles. The van der Waals surface area contributed by atoms with Crippen LogP contribution >= 0.6 is 0 Å². The lowest BCUT2D eigenvalue weighted by atomic mass is 10.1. The number of hydrogen-bond donors (Lipinski definition) is 0. The molecule has 0 amide bonds. The highest BCUT2D eigenvalue weighted by Crippen LogP contribution is 2.32.